The Balaban J connectivity index is 1.31. The third kappa shape index (κ3) is 4.84. The number of fused-ring (bicyclic) bond motifs is 1. The van der Waals surface area contributed by atoms with Crippen molar-refractivity contribution in [2.75, 3.05) is 7.11 Å². The predicted octanol–water partition coefficient (Wildman–Crippen LogP) is 7.54. The molecule has 0 aliphatic carbocycles. The van der Waals surface area contributed by atoms with Crippen molar-refractivity contribution < 1.29 is 22.3 Å². The first-order chi connectivity index (χ1) is 16.9. The van der Waals surface area contributed by atoms with Crippen LogP contribution in [0.3, 0.4) is 0 Å². The van der Waals surface area contributed by atoms with Gasteiger partial charge in [-0.25, -0.2) is 4.98 Å². The van der Waals surface area contributed by atoms with Crippen LogP contribution in [-0.2, 0) is 12.7 Å². The third-order valence-corrected chi connectivity index (χ3v) is 5.75. The van der Waals surface area contributed by atoms with Gasteiger partial charge >= 0.3 is 6.18 Å². The lowest BCUT2D eigenvalue weighted by molar-refractivity contribution is -0.137. The Labute approximate surface area is 199 Å². The van der Waals surface area contributed by atoms with Gasteiger partial charge in [0.2, 0.25) is 5.89 Å². The first kappa shape index (κ1) is 22.5. The number of halogens is 3. The Morgan fingerprint density at radius 1 is 0.971 bits per heavy atom. The van der Waals surface area contributed by atoms with E-state index in [2.05, 4.69) is 33.8 Å². The van der Waals surface area contributed by atoms with Gasteiger partial charge in [-0.1, -0.05) is 36.4 Å². The quantitative estimate of drug-likeness (QED) is 0.255. The molecule has 2 heterocycles. The highest BCUT2D eigenvalue weighted by Crippen LogP contribution is 2.32. The van der Waals surface area contributed by atoms with Crippen molar-refractivity contribution in [1.29, 1.82) is 0 Å². The summed E-state index contributed by atoms with van der Waals surface area (Å²) in [5.41, 5.74) is 3.86. The molecule has 2 aromatic heterocycles. The molecule has 5 rings (SSSR count). The molecular formula is C28H21F3N2O2. The van der Waals surface area contributed by atoms with Gasteiger partial charge in [-0.3, -0.25) is 0 Å². The molecule has 35 heavy (non-hydrogen) atoms. The number of alkyl halides is 3. The van der Waals surface area contributed by atoms with Gasteiger partial charge in [0.1, 0.15) is 12.0 Å². The van der Waals surface area contributed by atoms with Crippen LogP contribution in [0.25, 0.3) is 34.2 Å². The summed E-state index contributed by atoms with van der Waals surface area (Å²) in [5, 5.41) is 1.10. The molecule has 0 aliphatic rings. The minimum atomic E-state index is -4.35. The monoisotopic (exact) mass is 474 g/mol. The summed E-state index contributed by atoms with van der Waals surface area (Å²) in [6, 6.07) is 21.2. The fraction of sp³-hybridized carbons (Fsp3) is 0.107. The average molecular weight is 474 g/mol. The number of hydrogen-bond acceptors (Lipinski definition) is 3. The third-order valence-electron chi connectivity index (χ3n) is 5.75. The van der Waals surface area contributed by atoms with Gasteiger partial charge in [0.05, 0.1) is 24.9 Å². The molecule has 0 fully saturated rings. The molecule has 0 N–H and O–H groups in total. The Bertz CT molecular complexity index is 1490. The van der Waals surface area contributed by atoms with E-state index in [1.807, 2.05) is 30.5 Å². The molecule has 0 saturated carbocycles. The van der Waals surface area contributed by atoms with Crippen LogP contribution in [0.15, 0.2) is 89.7 Å². The predicted molar refractivity (Wildman–Crippen MR) is 130 cm³/mol. The molecule has 4 nitrogen and oxygen atoms in total. The Morgan fingerprint density at radius 3 is 2.54 bits per heavy atom. The summed E-state index contributed by atoms with van der Waals surface area (Å²) < 4.78 is 51.2. The lowest BCUT2D eigenvalue weighted by Crippen LogP contribution is -2.03. The summed E-state index contributed by atoms with van der Waals surface area (Å²) in [6.07, 6.45) is 2.54. The van der Waals surface area contributed by atoms with E-state index >= 15 is 0 Å². The highest BCUT2D eigenvalue weighted by Gasteiger charge is 2.29. The highest BCUT2D eigenvalue weighted by molar-refractivity contribution is 5.87. The highest BCUT2D eigenvalue weighted by atomic mass is 19.4. The summed E-state index contributed by atoms with van der Waals surface area (Å²) in [4.78, 5) is 4.48. The van der Waals surface area contributed by atoms with Crippen molar-refractivity contribution in [3.05, 3.63) is 108 Å². The van der Waals surface area contributed by atoms with E-state index in [0.29, 0.717) is 18.0 Å². The zero-order chi connectivity index (χ0) is 24.4. The van der Waals surface area contributed by atoms with Crippen LogP contribution >= 0.6 is 0 Å². The van der Waals surface area contributed by atoms with E-state index in [9.17, 15) is 13.2 Å². The number of ether oxygens (including phenoxy) is 1. The minimum absolute atomic E-state index is 0.384. The number of nitrogens with zero attached hydrogens (tertiary/aromatic N) is 2. The first-order valence-corrected chi connectivity index (χ1v) is 10.9. The number of para-hydroxylation sites is 1. The van der Waals surface area contributed by atoms with E-state index in [1.54, 1.807) is 25.5 Å². The molecule has 0 unspecified atom stereocenters. The molecule has 0 atom stereocenters. The van der Waals surface area contributed by atoms with Crippen molar-refractivity contribution in [3.63, 3.8) is 0 Å². The van der Waals surface area contributed by atoms with Crippen molar-refractivity contribution >= 4 is 23.1 Å². The van der Waals surface area contributed by atoms with Gasteiger partial charge in [0.25, 0.3) is 0 Å². The molecule has 7 heteroatoms. The standard InChI is InChI=1S/C28H21F3N2O2/c1-34-26-5-3-2-4-24(26)20-9-12-25-21(16-20)14-15-33(25)17-23-18-35-27(32-23)13-8-19-6-10-22(11-7-19)28(29,30)31/h2-16,18H,17H2,1H3/b13-8+. The van der Waals surface area contributed by atoms with Crippen molar-refractivity contribution in [1.82, 2.24) is 9.55 Å². The first-order valence-electron chi connectivity index (χ1n) is 10.9. The number of benzene rings is 3. The van der Waals surface area contributed by atoms with Crippen LogP contribution in [0.5, 0.6) is 5.75 Å². The fourth-order valence-electron chi connectivity index (χ4n) is 3.99. The van der Waals surface area contributed by atoms with Crippen LogP contribution < -0.4 is 4.74 Å². The van der Waals surface area contributed by atoms with Crippen molar-refractivity contribution in [2.45, 2.75) is 12.7 Å². The van der Waals surface area contributed by atoms with Crippen LogP contribution in [0.2, 0.25) is 0 Å². The maximum Gasteiger partial charge on any atom is 0.416 e. The largest absolute Gasteiger partial charge is 0.496 e. The van der Waals surface area contributed by atoms with Gasteiger partial charge in [-0.2, -0.15) is 13.2 Å². The van der Waals surface area contributed by atoms with Gasteiger partial charge in [-0.15, -0.1) is 0 Å². The zero-order valence-electron chi connectivity index (χ0n) is 18.8. The summed E-state index contributed by atoms with van der Waals surface area (Å²) in [6.45, 7) is 0.523. The second-order valence-electron chi connectivity index (χ2n) is 8.05. The number of hydrogen-bond donors (Lipinski definition) is 0. The second-order valence-corrected chi connectivity index (χ2v) is 8.05. The van der Waals surface area contributed by atoms with Crippen LogP contribution in [0.1, 0.15) is 22.7 Å². The van der Waals surface area contributed by atoms with E-state index in [0.717, 1.165) is 45.6 Å². The molecular weight excluding hydrogens is 453 g/mol. The average Bonchev–Trinajstić information content (AvgIpc) is 3.49. The smallest absolute Gasteiger partial charge is 0.416 e. The van der Waals surface area contributed by atoms with Gasteiger partial charge in [0, 0.05) is 28.7 Å². The van der Waals surface area contributed by atoms with E-state index < -0.39 is 11.7 Å². The van der Waals surface area contributed by atoms with E-state index in [1.165, 1.54) is 12.1 Å². The number of methoxy groups -OCH3 is 1. The molecule has 0 spiro atoms. The Hall–Kier alpha value is -4.26. The summed E-state index contributed by atoms with van der Waals surface area (Å²) >= 11 is 0. The number of oxazole rings is 1. The molecule has 0 aliphatic heterocycles. The normalized spacial score (nSPS) is 12.0. The molecule has 5 aromatic rings. The topological polar surface area (TPSA) is 40.2 Å². The number of rotatable bonds is 6. The molecule has 3 aromatic carbocycles. The molecule has 0 radical (unpaired) electrons. The number of aromatic nitrogens is 2. The Morgan fingerprint density at radius 2 is 1.77 bits per heavy atom. The SMILES string of the molecule is COc1ccccc1-c1ccc2c(ccn2Cc2coc(/C=C/c3ccc(C(F)(F)F)cc3)n2)c1. The zero-order valence-corrected chi connectivity index (χ0v) is 18.8. The minimum Gasteiger partial charge on any atom is -0.496 e. The molecule has 0 amide bonds. The maximum atomic E-state index is 12.7. The van der Waals surface area contributed by atoms with Crippen LogP contribution in [0, 0.1) is 0 Å². The van der Waals surface area contributed by atoms with E-state index in [4.69, 9.17) is 9.15 Å². The maximum absolute atomic E-state index is 12.7. The van der Waals surface area contributed by atoms with Crippen LogP contribution in [0.4, 0.5) is 13.2 Å². The molecule has 0 bridgehead atoms. The fourth-order valence-corrected chi connectivity index (χ4v) is 3.99. The van der Waals surface area contributed by atoms with E-state index in [-0.39, 0.29) is 0 Å². The van der Waals surface area contributed by atoms with Crippen molar-refractivity contribution in [2.24, 2.45) is 0 Å². The van der Waals surface area contributed by atoms with Gasteiger partial charge < -0.3 is 13.7 Å². The van der Waals surface area contributed by atoms with Gasteiger partial charge in [0.15, 0.2) is 0 Å². The molecule has 176 valence electrons. The van der Waals surface area contributed by atoms with Crippen LogP contribution in [-0.4, -0.2) is 16.7 Å². The lowest BCUT2D eigenvalue weighted by Gasteiger charge is -2.09. The van der Waals surface area contributed by atoms with Crippen molar-refractivity contribution in [3.8, 4) is 16.9 Å². The summed E-state index contributed by atoms with van der Waals surface area (Å²) in [7, 11) is 1.67. The second kappa shape index (κ2) is 9.18. The Kier molecular flexibility index (Phi) is 5.91. The summed E-state index contributed by atoms with van der Waals surface area (Å²) in [5.74, 6) is 1.21. The molecule has 0 saturated heterocycles. The van der Waals surface area contributed by atoms with Gasteiger partial charge in [-0.05, 0) is 53.6 Å². The lowest BCUT2D eigenvalue weighted by atomic mass is 10.0.